The van der Waals surface area contributed by atoms with E-state index < -0.39 is 9.84 Å². The molecule has 0 spiro atoms. The molecule has 0 saturated heterocycles. The molecule has 0 aromatic heterocycles. The molecule has 2 atom stereocenters. The molecule has 5 heteroatoms. The lowest BCUT2D eigenvalue weighted by molar-refractivity contribution is 0.223. The topological polar surface area (TPSA) is 49.4 Å². The van der Waals surface area contributed by atoms with Gasteiger partial charge in [-0.3, -0.25) is 4.90 Å². The molecule has 0 heterocycles. The predicted molar refractivity (Wildman–Crippen MR) is 69.6 cm³/mol. The highest BCUT2D eigenvalue weighted by Gasteiger charge is 2.13. The average molecular weight is 250 g/mol. The SMILES string of the molecule is CCN(CC)C(C)CNC(C)CS(C)(=O)=O. The zero-order chi connectivity index (χ0) is 12.8. The summed E-state index contributed by atoms with van der Waals surface area (Å²) in [6.45, 7) is 11.2. The highest BCUT2D eigenvalue weighted by atomic mass is 32.2. The Morgan fingerprint density at radius 2 is 1.69 bits per heavy atom. The van der Waals surface area contributed by atoms with Crippen LogP contribution in [-0.2, 0) is 9.84 Å². The summed E-state index contributed by atoms with van der Waals surface area (Å²) < 4.78 is 22.2. The first kappa shape index (κ1) is 15.9. The molecule has 1 N–H and O–H groups in total. The van der Waals surface area contributed by atoms with Gasteiger partial charge < -0.3 is 5.32 Å². The summed E-state index contributed by atoms with van der Waals surface area (Å²) in [6.07, 6.45) is 1.28. The Labute approximate surface area is 100 Å². The van der Waals surface area contributed by atoms with Gasteiger partial charge in [0.15, 0.2) is 0 Å². The molecule has 0 aliphatic rings. The van der Waals surface area contributed by atoms with Crippen LogP contribution in [-0.4, -0.2) is 57.0 Å². The molecule has 0 fully saturated rings. The van der Waals surface area contributed by atoms with Crippen molar-refractivity contribution in [2.24, 2.45) is 0 Å². The summed E-state index contributed by atoms with van der Waals surface area (Å²) in [7, 11) is -2.88. The maximum absolute atomic E-state index is 11.1. The van der Waals surface area contributed by atoms with Crippen LogP contribution < -0.4 is 5.32 Å². The summed E-state index contributed by atoms with van der Waals surface area (Å²) >= 11 is 0. The summed E-state index contributed by atoms with van der Waals surface area (Å²) in [5, 5.41) is 3.27. The van der Waals surface area contributed by atoms with Gasteiger partial charge in [-0.15, -0.1) is 0 Å². The summed E-state index contributed by atoms with van der Waals surface area (Å²) in [5.41, 5.74) is 0. The quantitative estimate of drug-likeness (QED) is 0.690. The molecule has 0 radical (unpaired) electrons. The second kappa shape index (κ2) is 7.25. The minimum absolute atomic E-state index is 0.0213. The van der Waals surface area contributed by atoms with Gasteiger partial charge in [0.25, 0.3) is 0 Å². The third-order valence-corrected chi connectivity index (χ3v) is 3.86. The summed E-state index contributed by atoms with van der Waals surface area (Å²) in [4.78, 5) is 2.35. The van der Waals surface area contributed by atoms with Crippen LogP contribution >= 0.6 is 0 Å². The van der Waals surface area contributed by atoms with E-state index in [1.54, 1.807) is 0 Å². The van der Waals surface area contributed by atoms with E-state index >= 15 is 0 Å². The minimum atomic E-state index is -2.88. The molecule has 16 heavy (non-hydrogen) atoms. The zero-order valence-corrected chi connectivity index (χ0v) is 12.0. The van der Waals surface area contributed by atoms with E-state index in [2.05, 4.69) is 31.0 Å². The fourth-order valence-corrected chi connectivity index (χ4v) is 2.89. The van der Waals surface area contributed by atoms with Gasteiger partial charge in [0.2, 0.25) is 0 Å². The van der Waals surface area contributed by atoms with E-state index in [0.29, 0.717) is 6.04 Å². The third-order valence-electron chi connectivity index (χ3n) is 2.75. The second-order valence-corrected chi connectivity index (χ2v) is 6.66. The van der Waals surface area contributed by atoms with Crippen molar-refractivity contribution in [3.05, 3.63) is 0 Å². The Bertz CT molecular complexity index is 274. The number of hydrogen-bond acceptors (Lipinski definition) is 4. The molecule has 0 amide bonds. The molecule has 2 unspecified atom stereocenters. The number of hydrogen-bond donors (Lipinski definition) is 1. The lowest BCUT2D eigenvalue weighted by Gasteiger charge is -2.27. The third kappa shape index (κ3) is 7.19. The fraction of sp³-hybridized carbons (Fsp3) is 1.00. The molecular weight excluding hydrogens is 224 g/mol. The van der Waals surface area contributed by atoms with Crippen LogP contribution in [0.25, 0.3) is 0 Å². The number of nitrogens with one attached hydrogen (secondary N) is 1. The molecule has 0 bridgehead atoms. The van der Waals surface area contributed by atoms with Crippen LogP contribution in [0.1, 0.15) is 27.7 Å². The Morgan fingerprint density at radius 1 is 1.19 bits per heavy atom. The van der Waals surface area contributed by atoms with Crippen LogP contribution in [0.2, 0.25) is 0 Å². The van der Waals surface area contributed by atoms with Crippen molar-refractivity contribution in [2.75, 3.05) is 31.6 Å². The predicted octanol–water partition coefficient (Wildman–Crippen LogP) is 0.739. The summed E-state index contributed by atoms with van der Waals surface area (Å²) in [6, 6.07) is 0.463. The Balaban J connectivity index is 3.96. The Hall–Kier alpha value is -0.130. The molecule has 0 aromatic carbocycles. The molecule has 98 valence electrons. The van der Waals surface area contributed by atoms with Crippen LogP contribution in [0.4, 0.5) is 0 Å². The van der Waals surface area contributed by atoms with Crippen LogP contribution in [0.15, 0.2) is 0 Å². The highest BCUT2D eigenvalue weighted by Crippen LogP contribution is 1.98. The van der Waals surface area contributed by atoms with Crippen molar-refractivity contribution in [2.45, 2.75) is 39.8 Å². The highest BCUT2D eigenvalue weighted by molar-refractivity contribution is 7.90. The molecule has 0 rings (SSSR count). The van der Waals surface area contributed by atoms with Crippen molar-refractivity contribution >= 4 is 9.84 Å². The number of nitrogens with zero attached hydrogens (tertiary/aromatic N) is 1. The van der Waals surface area contributed by atoms with Crippen molar-refractivity contribution in [3.8, 4) is 0 Å². The second-order valence-electron chi connectivity index (χ2n) is 4.47. The lowest BCUT2D eigenvalue weighted by Crippen LogP contribution is -2.44. The lowest BCUT2D eigenvalue weighted by atomic mass is 10.2. The van der Waals surface area contributed by atoms with E-state index in [1.807, 2.05) is 6.92 Å². The largest absolute Gasteiger partial charge is 0.312 e. The normalized spacial score (nSPS) is 16.4. The Morgan fingerprint density at radius 3 is 2.06 bits per heavy atom. The zero-order valence-electron chi connectivity index (χ0n) is 11.2. The van der Waals surface area contributed by atoms with E-state index in [9.17, 15) is 8.42 Å². The molecule has 0 saturated carbocycles. The maximum atomic E-state index is 11.1. The molecule has 0 aliphatic heterocycles. The number of likely N-dealkylation sites (N-methyl/N-ethyl adjacent to an activating group) is 1. The first-order chi connectivity index (χ1) is 7.30. The van der Waals surface area contributed by atoms with Gasteiger partial charge in [-0.05, 0) is 26.9 Å². The van der Waals surface area contributed by atoms with Crippen LogP contribution in [0.5, 0.6) is 0 Å². The van der Waals surface area contributed by atoms with Gasteiger partial charge in [0.1, 0.15) is 9.84 Å². The monoisotopic (exact) mass is 250 g/mol. The molecule has 0 aromatic rings. The van der Waals surface area contributed by atoms with Crippen molar-refractivity contribution in [1.82, 2.24) is 10.2 Å². The first-order valence-corrected chi connectivity index (χ1v) is 8.01. The van der Waals surface area contributed by atoms with E-state index in [4.69, 9.17) is 0 Å². The van der Waals surface area contributed by atoms with Crippen molar-refractivity contribution < 1.29 is 8.42 Å². The van der Waals surface area contributed by atoms with E-state index in [1.165, 1.54) is 6.26 Å². The fourth-order valence-electron chi connectivity index (χ4n) is 1.86. The van der Waals surface area contributed by atoms with Gasteiger partial charge in [0, 0.05) is 24.9 Å². The summed E-state index contributed by atoms with van der Waals surface area (Å²) in [5.74, 6) is 0.206. The maximum Gasteiger partial charge on any atom is 0.148 e. The smallest absolute Gasteiger partial charge is 0.148 e. The first-order valence-electron chi connectivity index (χ1n) is 5.95. The van der Waals surface area contributed by atoms with E-state index in [0.717, 1.165) is 19.6 Å². The van der Waals surface area contributed by atoms with Crippen molar-refractivity contribution in [3.63, 3.8) is 0 Å². The van der Waals surface area contributed by atoms with Gasteiger partial charge in [-0.25, -0.2) is 8.42 Å². The number of sulfone groups is 1. The standard InChI is InChI=1S/C11H26N2O2S/c1-6-13(7-2)11(4)8-12-10(3)9-16(5,14)15/h10-12H,6-9H2,1-5H3. The van der Waals surface area contributed by atoms with E-state index in [-0.39, 0.29) is 11.8 Å². The van der Waals surface area contributed by atoms with Gasteiger partial charge in [-0.2, -0.15) is 0 Å². The van der Waals surface area contributed by atoms with Gasteiger partial charge in [-0.1, -0.05) is 13.8 Å². The van der Waals surface area contributed by atoms with Crippen LogP contribution in [0.3, 0.4) is 0 Å². The number of rotatable bonds is 8. The van der Waals surface area contributed by atoms with Gasteiger partial charge in [0.05, 0.1) is 5.75 Å². The van der Waals surface area contributed by atoms with Crippen LogP contribution in [0, 0.1) is 0 Å². The molecular formula is C11H26N2O2S. The minimum Gasteiger partial charge on any atom is -0.312 e. The Kier molecular flexibility index (Phi) is 7.19. The molecule has 0 aliphatic carbocycles. The average Bonchev–Trinajstić information content (AvgIpc) is 2.14. The molecule has 4 nitrogen and oxygen atoms in total. The van der Waals surface area contributed by atoms with Gasteiger partial charge >= 0.3 is 0 Å². The van der Waals surface area contributed by atoms with Crippen molar-refractivity contribution in [1.29, 1.82) is 0 Å².